The fraction of sp³-hybridized carbons (Fsp3) is 0.136. The number of H-pyrrole nitrogens is 2. The highest BCUT2D eigenvalue weighted by molar-refractivity contribution is 5.86. The molecule has 0 saturated carbocycles. The van der Waals surface area contributed by atoms with Crippen LogP contribution in [0.2, 0.25) is 0 Å². The summed E-state index contributed by atoms with van der Waals surface area (Å²) in [5.41, 5.74) is 14.8. The van der Waals surface area contributed by atoms with Gasteiger partial charge in [-0.15, -0.1) is 0 Å². The van der Waals surface area contributed by atoms with Crippen LogP contribution in [0.3, 0.4) is 0 Å². The van der Waals surface area contributed by atoms with Gasteiger partial charge in [0.15, 0.2) is 0 Å². The Labute approximate surface area is 281 Å². The maximum atomic E-state index is 4.05. The maximum absolute atomic E-state index is 4.05. The lowest BCUT2D eigenvalue weighted by molar-refractivity contribution is 0.756. The van der Waals surface area contributed by atoms with Crippen LogP contribution < -0.4 is 21.3 Å². The van der Waals surface area contributed by atoms with Gasteiger partial charge in [-0.25, -0.2) is 0 Å². The maximum Gasteiger partial charge on any atom is 0.0541 e. The van der Waals surface area contributed by atoms with Crippen molar-refractivity contribution in [2.45, 2.75) is 37.8 Å². The number of hydrogen-bond donors (Lipinski definition) is 4. The van der Waals surface area contributed by atoms with Crippen molar-refractivity contribution in [1.82, 2.24) is 20.6 Å². The average molecular weight is 623 g/mol. The van der Waals surface area contributed by atoms with Crippen LogP contribution in [-0.2, 0) is 0 Å². The highest BCUT2D eigenvalue weighted by Crippen LogP contribution is 2.38. The van der Waals surface area contributed by atoms with Crippen molar-refractivity contribution >= 4 is 22.3 Å². The number of aromatic nitrogens is 2. The van der Waals surface area contributed by atoms with E-state index in [4.69, 9.17) is 0 Å². The molecule has 4 aromatic carbocycles. The molecule has 48 heavy (non-hydrogen) atoms. The molecule has 2 fully saturated rings. The Balaban J connectivity index is 1.34. The third-order valence-electron chi connectivity index (χ3n) is 10.1. The molecule has 2 atom stereocenters. The van der Waals surface area contributed by atoms with Crippen LogP contribution in [0.4, 0.5) is 0 Å². The van der Waals surface area contributed by atoms with Gasteiger partial charge >= 0.3 is 0 Å². The van der Waals surface area contributed by atoms with Gasteiger partial charge in [0.25, 0.3) is 0 Å². The van der Waals surface area contributed by atoms with Gasteiger partial charge in [-0.3, -0.25) is 0 Å². The third-order valence-corrected chi connectivity index (χ3v) is 10.1. The first-order valence-electron chi connectivity index (χ1n) is 17.1. The zero-order chi connectivity index (χ0) is 31.9. The van der Waals surface area contributed by atoms with E-state index >= 15 is 0 Å². The molecule has 2 saturated heterocycles. The molecule has 234 valence electrons. The molecule has 8 bridgehead atoms. The normalized spacial score (nSPS) is 24.2. The molecule has 4 heteroatoms. The van der Waals surface area contributed by atoms with Gasteiger partial charge in [-0.1, -0.05) is 121 Å². The molecule has 0 radical (unpaired) electrons. The van der Waals surface area contributed by atoms with Gasteiger partial charge in [0, 0.05) is 55.8 Å². The van der Waals surface area contributed by atoms with Crippen molar-refractivity contribution in [3.05, 3.63) is 201 Å². The summed E-state index contributed by atoms with van der Waals surface area (Å²) in [6.45, 7) is 0. The number of fused-ring (bicyclic) bond motifs is 8. The molecule has 2 unspecified atom stereocenters. The molecule has 4 nitrogen and oxygen atoms in total. The summed E-state index contributed by atoms with van der Waals surface area (Å²) in [6, 6.07) is 52.9. The van der Waals surface area contributed by atoms with Crippen molar-refractivity contribution in [3.63, 3.8) is 0 Å². The van der Waals surface area contributed by atoms with Crippen LogP contribution in [0.25, 0.3) is 22.3 Å². The first-order chi connectivity index (χ1) is 23.8. The molecule has 0 amide bonds. The van der Waals surface area contributed by atoms with Gasteiger partial charge in [0.2, 0.25) is 0 Å². The van der Waals surface area contributed by atoms with Crippen LogP contribution in [0.15, 0.2) is 157 Å². The van der Waals surface area contributed by atoms with E-state index in [1.807, 2.05) is 0 Å². The summed E-state index contributed by atoms with van der Waals surface area (Å²) < 4.78 is 0. The van der Waals surface area contributed by atoms with Gasteiger partial charge in [-0.2, -0.15) is 0 Å². The number of benzene rings is 4. The summed E-state index contributed by atoms with van der Waals surface area (Å²) in [5, 5.41) is 10.4. The quantitative estimate of drug-likeness (QED) is 0.165. The zero-order valence-electron chi connectivity index (χ0n) is 26.8. The van der Waals surface area contributed by atoms with E-state index in [0.29, 0.717) is 0 Å². The minimum Gasteiger partial charge on any atom is -0.381 e. The molecule has 3 aliphatic heterocycles. The molecular weight excluding hydrogens is 585 g/mol. The number of rotatable bonds is 4. The number of hydrogen-bond acceptors (Lipinski definition) is 2. The summed E-state index contributed by atoms with van der Waals surface area (Å²) in [6.07, 6.45) is 3.95. The number of allylic oxidation sites excluding steroid dienone is 2. The van der Waals surface area contributed by atoms with E-state index < -0.39 is 0 Å². The Hall–Kier alpha value is -5.74. The van der Waals surface area contributed by atoms with E-state index in [1.165, 1.54) is 55.9 Å². The molecule has 4 N–H and O–H groups in total. The monoisotopic (exact) mass is 622 g/mol. The van der Waals surface area contributed by atoms with Gasteiger partial charge in [0.1, 0.15) is 0 Å². The molecule has 0 aliphatic carbocycles. The lowest BCUT2D eigenvalue weighted by Crippen LogP contribution is -2.31. The molecule has 3 aliphatic rings. The van der Waals surface area contributed by atoms with Crippen LogP contribution >= 0.6 is 0 Å². The van der Waals surface area contributed by atoms with Crippen LogP contribution in [0.1, 0.15) is 59.3 Å². The minimum atomic E-state index is 0.158. The summed E-state index contributed by atoms with van der Waals surface area (Å²) in [4.78, 5) is 7.88. The second-order valence-corrected chi connectivity index (χ2v) is 13.0. The van der Waals surface area contributed by atoms with E-state index in [-0.39, 0.29) is 12.1 Å². The molecule has 0 spiro atoms. The molecule has 6 aromatic rings. The van der Waals surface area contributed by atoms with E-state index in [9.17, 15) is 0 Å². The summed E-state index contributed by atoms with van der Waals surface area (Å²) in [7, 11) is 0. The Morgan fingerprint density at radius 3 is 1.15 bits per heavy atom. The summed E-state index contributed by atoms with van der Waals surface area (Å²) in [5.74, 6) is 0. The van der Waals surface area contributed by atoms with E-state index in [2.05, 4.69) is 166 Å². The van der Waals surface area contributed by atoms with Crippen LogP contribution in [-0.4, -0.2) is 22.1 Å². The first-order valence-corrected chi connectivity index (χ1v) is 17.1. The second-order valence-electron chi connectivity index (χ2n) is 13.0. The molecule has 9 rings (SSSR count). The smallest absolute Gasteiger partial charge is 0.0541 e. The Kier molecular flexibility index (Phi) is 7.20. The number of aromatic amines is 2. The molecule has 5 heterocycles. The minimum absolute atomic E-state index is 0.158. The predicted octanol–water partition coefficient (Wildman–Crippen LogP) is 7.48. The van der Waals surface area contributed by atoms with E-state index in [0.717, 1.165) is 47.8 Å². The fourth-order valence-corrected chi connectivity index (χ4v) is 8.03. The van der Waals surface area contributed by atoms with Crippen LogP contribution in [0.5, 0.6) is 0 Å². The highest BCUT2D eigenvalue weighted by Gasteiger charge is 2.30. The van der Waals surface area contributed by atoms with Gasteiger partial charge in [-0.05, 0) is 72.2 Å². The van der Waals surface area contributed by atoms with Crippen molar-refractivity contribution in [3.8, 4) is 0 Å². The Morgan fingerprint density at radius 2 is 0.750 bits per heavy atom. The molecule has 2 aromatic heterocycles. The molecular formula is C44H38N4. The predicted molar refractivity (Wildman–Crippen MR) is 196 cm³/mol. The van der Waals surface area contributed by atoms with Crippen molar-refractivity contribution in [2.75, 3.05) is 0 Å². The summed E-state index contributed by atoms with van der Waals surface area (Å²) >= 11 is 0. The highest BCUT2D eigenvalue weighted by atomic mass is 15.0. The van der Waals surface area contributed by atoms with Crippen LogP contribution in [0, 0.1) is 0 Å². The first kappa shape index (κ1) is 28.5. The second kappa shape index (κ2) is 12.1. The van der Waals surface area contributed by atoms with Crippen molar-refractivity contribution < 1.29 is 0 Å². The largest absolute Gasteiger partial charge is 0.381 e. The van der Waals surface area contributed by atoms with Crippen molar-refractivity contribution in [2.24, 2.45) is 0 Å². The standard InChI is InChI=1S/C44H38N4/c1-5-13-29(14-6-1)41-33-21-23-35(45-33)42(30-15-7-2-8-16-30)37-25-27-39(47-37)44(32-19-11-4-12-20-32)40-28-26-38(48-40)43(31-17-9-3-10-18-31)36-24-22-34(41)46-36/h1-21,23,26,28,34,37,45-48H,22,24-25,27H2/b41-33-,42-35-,43-36-,44-39-. The zero-order valence-corrected chi connectivity index (χ0v) is 26.8. The van der Waals surface area contributed by atoms with Crippen molar-refractivity contribution in [1.29, 1.82) is 0 Å². The van der Waals surface area contributed by atoms with E-state index in [1.54, 1.807) is 0 Å². The lowest BCUT2D eigenvalue weighted by Gasteiger charge is -2.19. The third kappa shape index (κ3) is 5.10. The Bertz CT molecular complexity index is 2110. The number of nitrogens with one attached hydrogen (secondary N) is 4. The van der Waals surface area contributed by atoms with Gasteiger partial charge in [0.05, 0.1) is 12.1 Å². The average Bonchev–Trinajstić information content (AvgIpc) is 3.98. The fourth-order valence-electron chi connectivity index (χ4n) is 8.03. The van der Waals surface area contributed by atoms with Gasteiger partial charge < -0.3 is 20.6 Å². The SMILES string of the molecule is c1ccc(/C2=C3\CCC(N3)/C(c3ccccc3)=c3/cc/c([nH]3)=C(\c3ccccc3)C3CC/C(=C(\c4ccccc4)c4ccc2[nH]4)N3)cc1. The Morgan fingerprint density at radius 1 is 0.375 bits per heavy atom. The topological polar surface area (TPSA) is 55.6 Å². The lowest BCUT2D eigenvalue weighted by atomic mass is 9.96.